The van der Waals surface area contributed by atoms with Crippen LogP contribution in [-0.4, -0.2) is 30.0 Å². The fourth-order valence-electron chi connectivity index (χ4n) is 3.01. The molecule has 7 heteroatoms. The van der Waals surface area contributed by atoms with Gasteiger partial charge in [0, 0.05) is 24.8 Å². The number of carbonyl (C=O) groups is 2. The van der Waals surface area contributed by atoms with Crippen LogP contribution in [-0.2, 0) is 20.7 Å². The number of nitrogens with zero attached hydrogens (tertiary/aromatic N) is 2. The maximum Gasteiger partial charge on any atom is 0.306 e. The number of H-pyrrole nitrogens is 1. The number of rotatable bonds is 6. The standard InChI is InChI=1S/C21H23N3O4/c1-13-17(14(2)23-20(26)18(13)12-22)10-11-19(25)28-15(3)21(27)24(4)16-8-6-5-7-9-16/h5-9,15H,10-11H2,1-4H3,(H,23,26)/t15-/m1/s1. The minimum Gasteiger partial charge on any atom is -0.453 e. The first kappa shape index (κ1) is 20.9. The Bertz CT molecular complexity index is 974. The zero-order valence-electron chi connectivity index (χ0n) is 16.4. The number of carbonyl (C=O) groups excluding carboxylic acids is 2. The molecule has 0 spiro atoms. The van der Waals surface area contributed by atoms with Gasteiger partial charge in [0.15, 0.2) is 6.10 Å². The number of likely N-dealkylation sites (N-methyl/N-ethyl adjacent to an activating group) is 1. The van der Waals surface area contributed by atoms with Gasteiger partial charge in [-0.1, -0.05) is 18.2 Å². The highest BCUT2D eigenvalue weighted by Crippen LogP contribution is 2.16. The van der Waals surface area contributed by atoms with Crippen LogP contribution in [0.4, 0.5) is 5.69 Å². The van der Waals surface area contributed by atoms with Crippen molar-refractivity contribution < 1.29 is 14.3 Å². The molecule has 0 saturated heterocycles. The summed E-state index contributed by atoms with van der Waals surface area (Å²) in [5.41, 5.74) is 2.22. The van der Waals surface area contributed by atoms with E-state index in [9.17, 15) is 14.4 Å². The number of nitriles is 1. The zero-order chi connectivity index (χ0) is 20.8. The Labute approximate surface area is 163 Å². The molecule has 0 bridgehead atoms. The van der Waals surface area contributed by atoms with E-state index in [1.807, 2.05) is 24.3 Å². The molecule has 0 fully saturated rings. The third kappa shape index (κ3) is 4.65. The Balaban J connectivity index is 2.00. The minimum atomic E-state index is -0.926. The van der Waals surface area contributed by atoms with E-state index in [-0.39, 0.29) is 17.9 Å². The van der Waals surface area contributed by atoms with Crippen LogP contribution in [0.15, 0.2) is 35.1 Å². The molecule has 28 heavy (non-hydrogen) atoms. The van der Waals surface area contributed by atoms with Crippen molar-refractivity contribution in [2.75, 3.05) is 11.9 Å². The Kier molecular flexibility index (Phi) is 6.72. The number of aryl methyl sites for hydroxylation is 1. The van der Waals surface area contributed by atoms with Gasteiger partial charge >= 0.3 is 5.97 Å². The van der Waals surface area contributed by atoms with Crippen LogP contribution in [0.3, 0.4) is 0 Å². The van der Waals surface area contributed by atoms with Gasteiger partial charge in [-0.3, -0.25) is 14.4 Å². The molecule has 146 valence electrons. The number of nitrogens with one attached hydrogen (secondary N) is 1. The molecule has 2 aromatic rings. The molecule has 0 radical (unpaired) electrons. The number of esters is 1. The zero-order valence-corrected chi connectivity index (χ0v) is 16.4. The summed E-state index contributed by atoms with van der Waals surface area (Å²) in [5, 5.41) is 9.11. The number of pyridine rings is 1. The van der Waals surface area contributed by atoms with Crippen molar-refractivity contribution in [3.8, 4) is 6.07 Å². The Morgan fingerprint density at radius 2 is 1.89 bits per heavy atom. The Morgan fingerprint density at radius 3 is 2.50 bits per heavy atom. The van der Waals surface area contributed by atoms with E-state index in [2.05, 4.69) is 4.98 Å². The van der Waals surface area contributed by atoms with Crippen molar-refractivity contribution in [3.63, 3.8) is 0 Å². The minimum absolute atomic E-state index is 0.0330. The van der Waals surface area contributed by atoms with Gasteiger partial charge in [-0.15, -0.1) is 0 Å². The van der Waals surface area contributed by atoms with Crippen LogP contribution in [0.25, 0.3) is 0 Å². The fourth-order valence-corrected chi connectivity index (χ4v) is 3.01. The normalized spacial score (nSPS) is 11.4. The summed E-state index contributed by atoms with van der Waals surface area (Å²) < 4.78 is 5.27. The first-order valence-corrected chi connectivity index (χ1v) is 8.90. The lowest BCUT2D eigenvalue weighted by Crippen LogP contribution is -2.37. The van der Waals surface area contributed by atoms with Crippen molar-refractivity contribution in [2.24, 2.45) is 0 Å². The van der Waals surface area contributed by atoms with E-state index in [0.717, 1.165) is 5.56 Å². The van der Waals surface area contributed by atoms with Crippen LogP contribution in [0.1, 0.15) is 35.7 Å². The van der Waals surface area contributed by atoms with Gasteiger partial charge < -0.3 is 14.6 Å². The number of para-hydroxylation sites is 1. The first-order valence-electron chi connectivity index (χ1n) is 8.90. The smallest absolute Gasteiger partial charge is 0.306 e. The van der Waals surface area contributed by atoms with Crippen LogP contribution in [0.5, 0.6) is 0 Å². The van der Waals surface area contributed by atoms with E-state index in [1.54, 1.807) is 33.0 Å². The van der Waals surface area contributed by atoms with Crippen LogP contribution < -0.4 is 10.5 Å². The second kappa shape index (κ2) is 9.00. The number of amides is 1. The number of hydrogen-bond acceptors (Lipinski definition) is 5. The highest BCUT2D eigenvalue weighted by molar-refractivity contribution is 5.96. The van der Waals surface area contributed by atoms with Crippen LogP contribution in [0, 0.1) is 25.2 Å². The monoisotopic (exact) mass is 381 g/mol. The number of aromatic amines is 1. The molecular weight excluding hydrogens is 358 g/mol. The van der Waals surface area contributed by atoms with E-state index in [1.165, 1.54) is 11.8 Å². The van der Waals surface area contributed by atoms with Gasteiger partial charge in [0.2, 0.25) is 0 Å². The van der Waals surface area contributed by atoms with Crippen molar-refractivity contribution >= 4 is 17.6 Å². The molecule has 0 aliphatic heterocycles. The number of anilines is 1. The summed E-state index contributed by atoms with van der Waals surface area (Å²) in [4.78, 5) is 40.5. The molecule has 1 amide bonds. The summed E-state index contributed by atoms with van der Waals surface area (Å²) >= 11 is 0. The third-order valence-corrected chi connectivity index (χ3v) is 4.63. The predicted octanol–water partition coefficient (Wildman–Crippen LogP) is 2.39. The average Bonchev–Trinajstić information content (AvgIpc) is 2.67. The number of benzene rings is 1. The average molecular weight is 381 g/mol. The second-order valence-electron chi connectivity index (χ2n) is 6.53. The highest BCUT2D eigenvalue weighted by atomic mass is 16.5. The molecule has 2 rings (SSSR count). The van der Waals surface area contributed by atoms with Crippen molar-refractivity contribution in [1.29, 1.82) is 5.26 Å². The summed E-state index contributed by atoms with van der Waals surface area (Å²) in [6.07, 6.45) is -0.590. The van der Waals surface area contributed by atoms with E-state index in [4.69, 9.17) is 10.00 Å². The molecule has 1 aromatic carbocycles. The second-order valence-corrected chi connectivity index (χ2v) is 6.53. The first-order chi connectivity index (χ1) is 13.3. The lowest BCUT2D eigenvalue weighted by Gasteiger charge is -2.21. The molecule has 7 nitrogen and oxygen atoms in total. The van der Waals surface area contributed by atoms with Gasteiger partial charge in [0.05, 0.1) is 0 Å². The Hall–Kier alpha value is -3.40. The highest BCUT2D eigenvalue weighted by Gasteiger charge is 2.22. The lowest BCUT2D eigenvalue weighted by atomic mass is 9.99. The van der Waals surface area contributed by atoms with Gasteiger partial charge in [0.1, 0.15) is 11.6 Å². The van der Waals surface area contributed by atoms with Gasteiger partial charge in [-0.05, 0) is 50.5 Å². The van der Waals surface area contributed by atoms with E-state index >= 15 is 0 Å². The molecule has 1 N–H and O–H groups in total. The number of aromatic nitrogens is 1. The number of hydrogen-bond donors (Lipinski definition) is 1. The largest absolute Gasteiger partial charge is 0.453 e. The SMILES string of the molecule is Cc1[nH]c(=O)c(C#N)c(C)c1CCC(=O)O[C@H](C)C(=O)N(C)c1ccccc1. The molecule has 1 atom stereocenters. The predicted molar refractivity (Wildman–Crippen MR) is 105 cm³/mol. The topological polar surface area (TPSA) is 103 Å². The Morgan fingerprint density at radius 1 is 1.25 bits per heavy atom. The van der Waals surface area contributed by atoms with Gasteiger partial charge in [-0.25, -0.2) is 0 Å². The van der Waals surface area contributed by atoms with Crippen LogP contribution >= 0.6 is 0 Å². The lowest BCUT2D eigenvalue weighted by molar-refractivity contribution is -0.153. The van der Waals surface area contributed by atoms with Crippen LogP contribution in [0.2, 0.25) is 0 Å². The van der Waals surface area contributed by atoms with E-state index < -0.39 is 17.6 Å². The molecule has 0 aliphatic rings. The maximum absolute atomic E-state index is 12.5. The quantitative estimate of drug-likeness (QED) is 0.774. The molecular formula is C21H23N3O4. The van der Waals surface area contributed by atoms with E-state index in [0.29, 0.717) is 23.4 Å². The van der Waals surface area contributed by atoms with Gasteiger partial charge in [-0.2, -0.15) is 5.26 Å². The molecule has 0 aliphatic carbocycles. The molecule has 1 aromatic heterocycles. The van der Waals surface area contributed by atoms with Crippen molar-refractivity contribution in [3.05, 3.63) is 63.1 Å². The van der Waals surface area contributed by atoms with Crippen molar-refractivity contribution in [1.82, 2.24) is 4.98 Å². The molecule has 0 saturated carbocycles. The van der Waals surface area contributed by atoms with Gasteiger partial charge in [0.25, 0.3) is 11.5 Å². The van der Waals surface area contributed by atoms with Crippen molar-refractivity contribution in [2.45, 2.75) is 39.7 Å². The maximum atomic E-state index is 12.5. The summed E-state index contributed by atoms with van der Waals surface area (Å²) in [5.74, 6) is -0.853. The third-order valence-electron chi connectivity index (χ3n) is 4.63. The number of ether oxygens (including phenoxy) is 1. The summed E-state index contributed by atoms with van der Waals surface area (Å²) in [6, 6.07) is 11.0. The fraction of sp³-hybridized carbons (Fsp3) is 0.333. The molecule has 0 unspecified atom stereocenters. The summed E-state index contributed by atoms with van der Waals surface area (Å²) in [7, 11) is 1.62. The summed E-state index contributed by atoms with van der Waals surface area (Å²) in [6.45, 7) is 4.93. The molecule has 1 heterocycles.